The number of carboxylic acid groups (broad SMARTS) is 1. The molecule has 232 valence electrons. The maximum Gasteiger partial charge on any atom is 0.326 e. The maximum atomic E-state index is 14.0. The first-order valence-electron chi connectivity index (χ1n) is 15.2. The molecule has 3 amide bonds. The molecule has 7 N–H and O–H groups in total. The summed E-state index contributed by atoms with van der Waals surface area (Å²) in [5, 5.41) is 23.2. The quantitative estimate of drug-likeness (QED) is 0.125. The van der Waals surface area contributed by atoms with Crippen LogP contribution in [0.15, 0.2) is 60.9 Å². The molecule has 11 heteroatoms. The molecule has 5 rings (SSSR count). The second-order valence-corrected chi connectivity index (χ2v) is 11.9. The molecule has 0 spiro atoms. The zero-order chi connectivity index (χ0) is 31.2. The average Bonchev–Trinajstić information content (AvgIpc) is 3.77. The topological polar surface area (TPSA) is 168 Å². The normalized spacial score (nSPS) is 16.9. The Morgan fingerprint density at radius 2 is 1.32 bits per heavy atom. The minimum Gasteiger partial charge on any atom is -0.480 e. The minimum absolute atomic E-state index is 0.0259. The van der Waals surface area contributed by atoms with Crippen LogP contribution in [0.4, 0.5) is 0 Å². The number of aliphatic carboxylic acids is 1. The number of fused-ring (bicyclic) bond motifs is 2. The summed E-state index contributed by atoms with van der Waals surface area (Å²) in [6, 6.07) is 11.8. The molecule has 0 aliphatic carbocycles. The van der Waals surface area contributed by atoms with Crippen LogP contribution in [0.1, 0.15) is 44.2 Å². The van der Waals surface area contributed by atoms with Crippen LogP contribution >= 0.6 is 0 Å². The smallest absolute Gasteiger partial charge is 0.326 e. The van der Waals surface area contributed by atoms with E-state index >= 15 is 0 Å². The van der Waals surface area contributed by atoms with Gasteiger partial charge in [0, 0.05) is 47.0 Å². The molecule has 1 aliphatic rings. The van der Waals surface area contributed by atoms with Crippen molar-refractivity contribution in [1.29, 1.82) is 0 Å². The van der Waals surface area contributed by atoms with Gasteiger partial charge in [0.1, 0.15) is 18.1 Å². The lowest BCUT2D eigenvalue weighted by Gasteiger charge is -2.25. The van der Waals surface area contributed by atoms with Crippen LogP contribution in [-0.2, 0) is 32.0 Å². The Morgan fingerprint density at radius 1 is 0.795 bits per heavy atom. The van der Waals surface area contributed by atoms with Gasteiger partial charge in [-0.15, -0.1) is 0 Å². The molecule has 4 unspecified atom stereocenters. The number of benzene rings is 2. The van der Waals surface area contributed by atoms with Crippen LogP contribution in [0.3, 0.4) is 0 Å². The number of rotatable bonds is 13. The third-order valence-electron chi connectivity index (χ3n) is 8.16. The van der Waals surface area contributed by atoms with Gasteiger partial charge in [-0.3, -0.25) is 14.4 Å². The second-order valence-electron chi connectivity index (χ2n) is 11.9. The standard InChI is InChI=1S/C33H40N6O5/c1-19(2)14-29(33(43)44)39-32(42)28(16-21-18-36-25-11-6-4-9-23(21)25)38-31(41)27(37-30(40)26-12-7-13-34-26)15-20-17-35-24-10-5-3-8-22(20)24/h3-6,8-11,17-19,26-29,34-36H,7,12-16H2,1-2H3,(H,37,40)(H,38,41)(H,39,42)(H,43,44). The molecular weight excluding hydrogens is 560 g/mol. The zero-order valence-electron chi connectivity index (χ0n) is 25.0. The summed E-state index contributed by atoms with van der Waals surface area (Å²) in [5.41, 5.74) is 3.43. The van der Waals surface area contributed by atoms with E-state index in [2.05, 4.69) is 31.2 Å². The fraction of sp³-hybridized carbons (Fsp3) is 0.394. The molecule has 4 aromatic rings. The van der Waals surface area contributed by atoms with E-state index in [1.165, 1.54) is 0 Å². The Hall–Kier alpha value is -4.64. The van der Waals surface area contributed by atoms with Crippen LogP contribution in [0.2, 0.25) is 0 Å². The number of aromatic nitrogens is 2. The molecule has 3 heterocycles. The first kappa shape index (κ1) is 30.8. The number of carboxylic acids is 1. The van der Waals surface area contributed by atoms with Gasteiger partial charge in [0.2, 0.25) is 17.7 Å². The van der Waals surface area contributed by atoms with Crippen molar-refractivity contribution >= 4 is 45.5 Å². The van der Waals surface area contributed by atoms with Gasteiger partial charge < -0.3 is 36.3 Å². The van der Waals surface area contributed by atoms with E-state index < -0.39 is 42.0 Å². The molecule has 44 heavy (non-hydrogen) atoms. The van der Waals surface area contributed by atoms with E-state index in [1.807, 2.05) is 68.6 Å². The number of aromatic amines is 2. The monoisotopic (exact) mass is 600 g/mol. The van der Waals surface area contributed by atoms with Crippen LogP contribution in [0, 0.1) is 5.92 Å². The molecule has 0 bridgehead atoms. The number of carbonyl (C=O) groups is 4. The Bertz CT molecular complexity index is 1640. The highest BCUT2D eigenvalue weighted by atomic mass is 16.4. The van der Waals surface area contributed by atoms with Gasteiger partial charge in [-0.05, 0) is 55.0 Å². The molecule has 1 saturated heterocycles. The van der Waals surface area contributed by atoms with E-state index in [-0.39, 0.29) is 31.1 Å². The fourth-order valence-corrected chi connectivity index (χ4v) is 5.88. The summed E-state index contributed by atoms with van der Waals surface area (Å²) in [6.45, 7) is 4.49. The predicted molar refractivity (Wildman–Crippen MR) is 168 cm³/mol. The Labute approximate surface area is 255 Å². The van der Waals surface area contributed by atoms with Crippen molar-refractivity contribution in [3.8, 4) is 0 Å². The van der Waals surface area contributed by atoms with Gasteiger partial charge in [0.05, 0.1) is 6.04 Å². The van der Waals surface area contributed by atoms with Gasteiger partial charge in [0.15, 0.2) is 0 Å². The second kappa shape index (κ2) is 13.8. The van der Waals surface area contributed by atoms with Crippen molar-refractivity contribution in [3.63, 3.8) is 0 Å². The number of hydrogen-bond donors (Lipinski definition) is 7. The van der Waals surface area contributed by atoms with E-state index in [4.69, 9.17) is 0 Å². The minimum atomic E-state index is -1.14. The van der Waals surface area contributed by atoms with Gasteiger partial charge in [-0.2, -0.15) is 0 Å². The number of amides is 3. The average molecular weight is 601 g/mol. The highest BCUT2D eigenvalue weighted by Gasteiger charge is 2.32. The lowest BCUT2D eigenvalue weighted by Crippen LogP contribution is -2.58. The van der Waals surface area contributed by atoms with Gasteiger partial charge in [0.25, 0.3) is 0 Å². The largest absolute Gasteiger partial charge is 0.480 e. The molecule has 0 saturated carbocycles. The summed E-state index contributed by atoms with van der Waals surface area (Å²) < 4.78 is 0. The first-order valence-corrected chi connectivity index (χ1v) is 15.2. The Balaban J connectivity index is 1.42. The number of carbonyl (C=O) groups excluding carboxylic acids is 3. The third-order valence-corrected chi connectivity index (χ3v) is 8.16. The van der Waals surface area contributed by atoms with Crippen LogP contribution in [0.5, 0.6) is 0 Å². The van der Waals surface area contributed by atoms with E-state index in [0.717, 1.165) is 45.9 Å². The van der Waals surface area contributed by atoms with E-state index in [1.54, 1.807) is 6.20 Å². The highest BCUT2D eigenvalue weighted by Crippen LogP contribution is 2.21. The summed E-state index contributed by atoms with van der Waals surface area (Å²) >= 11 is 0. The fourth-order valence-electron chi connectivity index (χ4n) is 5.88. The molecule has 4 atom stereocenters. The van der Waals surface area contributed by atoms with Gasteiger partial charge in [-0.25, -0.2) is 4.79 Å². The predicted octanol–water partition coefficient (Wildman–Crippen LogP) is 2.77. The maximum absolute atomic E-state index is 14.0. The van der Waals surface area contributed by atoms with Crippen LogP contribution in [0.25, 0.3) is 21.8 Å². The summed E-state index contributed by atoms with van der Waals surface area (Å²) in [4.78, 5) is 59.3. The van der Waals surface area contributed by atoms with Gasteiger partial charge >= 0.3 is 5.97 Å². The highest BCUT2D eigenvalue weighted by molar-refractivity contribution is 5.95. The van der Waals surface area contributed by atoms with E-state index in [0.29, 0.717) is 6.42 Å². The van der Waals surface area contributed by atoms with Crippen molar-refractivity contribution < 1.29 is 24.3 Å². The third kappa shape index (κ3) is 7.28. The summed E-state index contributed by atoms with van der Waals surface area (Å²) in [6.07, 6.45) is 5.70. The number of H-pyrrole nitrogens is 2. The van der Waals surface area contributed by atoms with Crippen LogP contribution < -0.4 is 21.3 Å². The molecule has 0 radical (unpaired) electrons. The van der Waals surface area contributed by atoms with Crippen molar-refractivity contribution in [2.24, 2.45) is 5.92 Å². The lowest BCUT2D eigenvalue weighted by molar-refractivity contribution is -0.142. The van der Waals surface area contributed by atoms with Crippen molar-refractivity contribution in [2.45, 2.75) is 70.1 Å². The Kier molecular flexibility index (Phi) is 9.64. The number of para-hydroxylation sites is 2. The molecule has 11 nitrogen and oxygen atoms in total. The van der Waals surface area contributed by atoms with Crippen molar-refractivity contribution in [1.82, 2.24) is 31.2 Å². The molecular formula is C33H40N6O5. The summed E-state index contributed by atoms with van der Waals surface area (Å²) in [5.74, 6) is -2.53. The SMILES string of the molecule is CC(C)CC(NC(=O)C(Cc1c[nH]c2ccccc12)NC(=O)C(Cc1c[nH]c2ccccc12)NC(=O)C1CCCN1)C(=O)O. The van der Waals surface area contributed by atoms with Crippen LogP contribution in [-0.4, -0.2) is 69.5 Å². The van der Waals surface area contributed by atoms with Crippen molar-refractivity contribution in [2.75, 3.05) is 6.54 Å². The van der Waals surface area contributed by atoms with Gasteiger partial charge in [-0.1, -0.05) is 50.2 Å². The molecule has 2 aromatic carbocycles. The number of hydrogen-bond acceptors (Lipinski definition) is 5. The summed E-state index contributed by atoms with van der Waals surface area (Å²) in [7, 11) is 0. The van der Waals surface area contributed by atoms with Crippen molar-refractivity contribution in [3.05, 3.63) is 72.1 Å². The number of nitrogens with one attached hydrogen (secondary N) is 6. The lowest BCUT2D eigenvalue weighted by atomic mass is 10.00. The molecule has 1 aliphatic heterocycles. The molecule has 2 aromatic heterocycles. The first-order chi connectivity index (χ1) is 21.2. The zero-order valence-corrected chi connectivity index (χ0v) is 25.0. The van der Waals surface area contributed by atoms with E-state index in [9.17, 15) is 24.3 Å². The molecule has 1 fully saturated rings. The Morgan fingerprint density at radius 3 is 1.82 bits per heavy atom.